The van der Waals surface area contributed by atoms with Crippen LogP contribution in [0.2, 0.25) is 0 Å². The van der Waals surface area contributed by atoms with E-state index in [9.17, 15) is 10.4 Å². The van der Waals surface area contributed by atoms with Crippen molar-refractivity contribution < 1.29 is 5.11 Å². The van der Waals surface area contributed by atoms with Crippen molar-refractivity contribution in [1.82, 2.24) is 29.5 Å². The molecular formula is C27H32N10O. The van der Waals surface area contributed by atoms with Crippen LogP contribution in [0, 0.1) is 18.3 Å². The van der Waals surface area contributed by atoms with E-state index in [0.29, 0.717) is 24.1 Å². The van der Waals surface area contributed by atoms with Crippen LogP contribution in [0.15, 0.2) is 42.9 Å². The lowest BCUT2D eigenvalue weighted by molar-refractivity contribution is 0.209. The summed E-state index contributed by atoms with van der Waals surface area (Å²) in [6.07, 6.45) is 3.71. The minimum Gasteiger partial charge on any atom is -0.508 e. The molecule has 4 aromatic rings. The number of phenolic OH excluding ortho intramolecular Hbond substituents is 1. The molecule has 1 aliphatic heterocycles. The number of benzene rings is 1. The van der Waals surface area contributed by atoms with Gasteiger partial charge in [-0.05, 0) is 50.1 Å². The predicted octanol–water partition coefficient (Wildman–Crippen LogP) is 2.91. The Balaban J connectivity index is 1.58. The summed E-state index contributed by atoms with van der Waals surface area (Å²) < 4.78 is 1.87. The van der Waals surface area contributed by atoms with Crippen LogP contribution < -0.4 is 16.0 Å². The van der Waals surface area contributed by atoms with Crippen LogP contribution in [0.1, 0.15) is 42.4 Å². The highest BCUT2D eigenvalue weighted by Crippen LogP contribution is 2.30. The fraction of sp³-hybridized carbons (Fsp3) is 0.370. The third-order valence-corrected chi connectivity index (χ3v) is 7.02. The van der Waals surface area contributed by atoms with Gasteiger partial charge in [0.1, 0.15) is 40.9 Å². The summed E-state index contributed by atoms with van der Waals surface area (Å²) in [4.78, 5) is 18.1. The number of phenols is 1. The fourth-order valence-corrected chi connectivity index (χ4v) is 4.90. The number of rotatable bonds is 7. The summed E-state index contributed by atoms with van der Waals surface area (Å²) in [5, 5.41) is 28.0. The second-order valence-corrected chi connectivity index (χ2v) is 9.87. The largest absolute Gasteiger partial charge is 0.508 e. The molecule has 0 amide bonds. The Morgan fingerprint density at radius 1 is 1.16 bits per heavy atom. The van der Waals surface area contributed by atoms with E-state index in [-0.39, 0.29) is 17.1 Å². The van der Waals surface area contributed by atoms with Gasteiger partial charge in [0.05, 0.1) is 6.04 Å². The second-order valence-electron chi connectivity index (χ2n) is 9.87. The van der Waals surface area contributed by atoms with Gasteiger partial charge in [-0.25, -0.2) is 19.5 Å². The molecule has 0 aliphatic carbocycles. The number of piperazine rings is 1. The summed E-state index contributed by atoms with van der Waals surface area (Å²) in [5.41, 5.74) is 9.08. The molecule has 1 aromatic carbocycles. The maximum Gasteiger partial charge on any atom is 0.174 e. The Labute approximate surface area is 221 Å². The number of nitrogen functional groups attached to an aromatic ring is 1. The Bertz CT molecular complexity index is 1480. The maximum atomic E-state index is 10.1. The molecule has 38 heavy (non-hydrogen) atoms. The standard InChI is InChI=1S/C27H32N10O/c1-17(2)35-9-11-36(12-10-35)27-23-18(3)7-8-37(23)34-26(33-27)22(14-19-5-4-6-20(38)13-19)32-25-21(15-28)24(29)30-16-31-25/h4-8,13,16-17,22,38H,9-12,14H2,1-3H3,(H3,29,30,31,32)/t22-/m0/s1. The second kappa shape index (κ2) is 10.5. The zero-order chi connectivity index (χ0) is 26.8. The molecule has 11 nitrogen and oxygen atoms in total. The highest BCUT2D eigenvalue weighted by Gasteiger charge is 2.26. The molecule has 1 fully saturated rings. The lowest BCUT2D eigenvalue weighted by atomic mass is 10.0. The van der Waals surface area contributed by atoms with Crippen LogP contribution in [-0.2, 0) is 6.42 Å². The molecule has 0 unspecified atom stereocenters. The lowest BCUT2D eigenvalue weighted by Gasteiger charge is -2.38. The number of anilines is 3. The summed E-state index contributed by atoms with van der Waals surface area (Å²) in [5.74, 6) is 2.00. The first kappa shape index (κ1) is 25.2. The van der Waals surface area contributed by atoms with Crippen molar-refractivity contribution in [2.45, 2.75) is 39.3 Å². The van der Waals surface area contributed by atoms with Crippen LogP contribution in [-0.4, -0.2) is 66.8 Å². The van der Waals surface area contributed by atoms with Crippen molar-refractivity contribution in [1.29, 1.82) is 5.26 Å². The van der Waals surface area contributed by atoms with Gasteiger partial charge in [-0.15, -0.1) is 0 Å². The zero-order valence-corrected chi connectivity index (χ0v) is 21.8. The van der Waals surface area contributed by atoms with E-state index in [0.717, 1.165) is 48.6 Å². The van der Waals surface area contributed by atoms with E-state index in [1.54, 1.807) is 18.2 Å². The molecule has 0 spiro atoms. The van der Waals surface area contributed by atoms with Crippen LogP contribution in [0.25, 0.3) is 5.52 Å². The minimum absolute atomic E-state index is 0.0993. The van der Waals surface area contributed by atoms with Crippen molar-refractivity contribution in [3.63, 3.8) is 0 Å². The first-order valence-electron chi connectivity index (χ1n) is 12.7. The lowest BCUT2D eigenvalue weighted by Crippen LogP contribution is -2.49. The maximum absolute atomic E-state index is 10.1. The normalized spacial score (nSPS) is 15.1. The average Bonchev–Trinajstić information content (AvgIpc) is 3.28. The molecule has 3 aromatic heterocycles. The molecule has 1 saturated heterocycles. The van der Waals surface area contributed by atoms with E-state index >= 15 is 0 Å². The number of nitriles is 1. The predicted molar refractivity (Wildman–Crippen MR) is 146 cm³/mol. The average molecular weight is 513 g/mol. The van der Waals surface area contributed by atoms with Gasteiger partial charge in [-0.1, -0.05) is 12.1 Å². The Hall–Kier alpha value is -4.43. The van der Waals surface area contributed by atoms with E-state index in [1.807, 2.05) is 22.8 Å². The summed E-state index contributed by atoms with van der Waals surface area (Å²) >= 11 is 0. The van der Waals surface area contributed by atoms with Gasteiger partial charge < -0.3 is 21.1 Å². The van der Waals surface area contributed by atoms with Gasteiger partial charge in [0.25, 0.3) is 0 Å². The fourth-order valence-electron chi connectivity index (χ4n) is 4.90. The van der Waals surface area contributed by atoms with Crippen LogP contribution in [0.4, 0.5) is 17.5 Å². The van der Waals surface area contributed by atoms with Crippen LogP contribution in [0.5, 0.6) is 5.75 Å². The molecule has 1 atom stereocenters. The van der Waals surface area contributed by atoms with Gasteiger partial charge in [0.15, 0.2) is 11.6 Å². The van der Waals surface area contributed by atoms with Crippen LogP contribution in [0.3, 0.4) is 0 Å². The minimum atomic E-state index is -0.471. The van der Waals surface area contributed by atoms with Gasteiger partial charge in [0, 0.05) is 44.8 Å². The van der Waals surface area contributed by atoms with E-state index < -0.39 is 6.04 Å². The number of nitrogens with two attached hydrogens (primary N) is 1. The van der Waals surface area contributed by atoms with E-state index in [2.05, 4.69) is 51.9 Å². The van der Waals surface area contributed by atoms with E-state index in [4.69, 9.17) is 15.8 Å². The Morgan fingerprint density at radius 2 is 1.95 bits per heavy atom. The Kier molecular flexibility index (Phi) is 6.98. The first-order chi connectivity index (χ1) is 18.3. The van der Waals surface area contributed by atoms with Crippen molar-refractivity contribution >= 4 is 23.0 Å². The molecule has 196 valence electrons. The number of hydrogen-bond acceptors (Lipinski definition) is 10. The molecular weight excluding hydrogens is 480 g/mol. The SMILES string of the molecule is Cc1ccn2nc([C@H](Cc3cccc(O)c3)Nc3ncnc(N)c3C#N)nc(N3CCN(C(C)C)CC3)c12. The van der Waals surface area contributed by atoms with Gasteiger partial charge >= 0.3 is 0 Å². The number of aryl methyl sites for hydroxylation is 1. The molecule has 11 heteroatoms. The monoisotopic (exact) mass is 512 g/mol. The highest BCUT2D eigenvalue weighted by atomic mass is 16.3. The molecule has 0 radical (unpaired) electrons. The Morgan fingerprint density at radius 3 is 2.66 bits per heavy atom. The van der Waals surface area contributed by atoms with Crippen molar-refractivity contribution in [2.24, 2.45) is 0 Å². The topological polar surface area (TPSA) is 145 Å². The third kappa shape index (κ3) is 5.03. The molecule has 4 N–H and O–H groups in total. The molecule has 0 saturated carbocycles. The number of hydrogen-bond donors (Lipinski definition) is 3. The summed E-state index contributed by atoms with van der Waals surface area (Å²) in [6, 6.07) is 11.2. The van der Waals surface area contributed by atoms with Gasteiger partial charge in [-0.2, -0.15) is 10.4 Å². The number of nitrogens with one attached hydrogen (secondary N) is 1. The van der Waals surface area contributed by atoms with E-state index in [1.165, 1.54) is 6.33 Å². The molecule has 1 aliphatic rings. The van der Waals surface area contributed by atoms with Crippen molar-refractivity contribution in [2.75, 3.05) is 42.1 Å². The quantitative estimate of drug-likeness (QED) is 0.338. The van der Waals surface area contributed by atoms with Crippen molar-refractivity contribution in [3.05, 3.63) is 65.4 Å². The first-order valence-corrected chi connectivity index (χ1v) is 12.7. The number of nitrogens with zero attached hydrogens (tertiary/aromatic N) is 8. The molecule has 0 bridgehead atoms. The van der Waals surface area contributed by atoms with Crippen LogP contribution >= 0.6 is 0 Å². The summed E-state index contributed by atoms with van der Waals surface area (Å²) in [6.45, 7) is 10.2. The smallest absolute Gasteiger partial charge is 0.174 e. The zero-order valence-electron chi connectivity index (χ0n) is 21.8. The number of aromatic nitrogens is 5. The molecule has 5 rings (SSSR count). The van der Waals surface area contributed by atoms with Crippen molar-refractivity contribution in [3.8, 4) is 11.8 Å². The number of aromatic hydroxyl groups is 1. The highest BCUT2D eigenvalue weighted by molar-refractivity contribution is 5.73. The van der Waals surface area contributed by atoms with Gasteiger partial charge in [-0.3, -0.25) is 4.90 Å². The number of fused-ring (bicyclic) bond motifs is 1. The third-order valence-electron chi connectivity index (χ3n) is 7.02. The van der Waals surface area contributed by atoms with Gasteiger partial charge in [0.2, 0.25) is 0 Å². The summed E-state index contributed by atoms with van der Waals surface area (Å²) in [7, 11) is 0. The molecule has 4 heterocycles.